The summed E-state index contributed by atoms with van der Waals surface area (Å²) in [6.45, 7) is -0.728. The van der Waals surface area contributed by atoms with E-state index in [2.05, 4.69) is 5.32 Å². The quantitative estimate of drug-likeness (QED) is 0.544. The zero-order valence-electron chi connectivity index (χ0n) is 15.2. The minimum Gasteiger partial charge on any atom is -0.322 e. The van der Waals surface area contributed by atoms with Crippen LogP contribution in [0.25, 0.3) is 0 Å². The molecule has 156 valence electrons. The molecular formula is C20H14Cl2F2N2O3S. The Labute approximate surface area is 181 Å². The summed E-state index contributed by atoms with van der Waals surface area (Å²) in [7, 11) is -4.22. The Morgan fingerprint density at radius 1 is 0.967 bits per heavy atom. The van der Waals surface area contributed by atoms with Crippen LogP contribution in [0.4, 0.5) is 20.2 Å². The Kier molecular flexibility index (Phi) is 6.60. The van der Waals surface area contributed by atoms with Gasteiger partial charge in [-0.25, -0.2) is 17.2 Å². The monoisotopic (exact) mass is 470 g/mol. The number of nitrogens with one attached hydrogen (secondary N) is 1. The summed E-state index contributed by atoms with van der Waals surface area (Å²) in [5.41, 5.74) is -0.321. The third kappa shape index (κ3) is 4.72. The molecule has 0 unspecified atom stereocenters. The minimum atomic E-state index is -4.22. The summed E-state index contributed by atoms with van der Waals surface area (Å²) in [4.78, 5) is 12.5. The molecule has 5 nitrogen and oxygen atoms in total. The summed E-state index contributed by atoms with van der Waals surface area (Å²) >= 11 is 12.2. The van der Waals surface area contributed by atoms with Crippen molar-refractivity contribution in [3.63, 3.8) is 0 Å². The van der Waals surface area contributed by atoms with Crippen LogP contribution in [0.3, 0.4) is 0 Å². The van der Waals surface area contributed by atoms with Crippen LogP contribution in [0, 0.1) is 11.6 Å². The number of rotatable bonds is 6. The molecule has 0 aliphatic rings. The Hall–Kier alpha value is -2.68. The van der Waals surface area contributed by atoms with Gasteiger partial charge in [0.1, 0.15) is 18.2 Å². The predicted molar refractivity (Wildman–Crippen MR) is 112 cm³/mol. The second-order valence-electron chi connectivity index (χ2n) is 6.07. The van der Waals surface area contributed by atoms with Crippen molar-refractivity contribution in [2.75, 3.05) is 16.2 Å². The minimum absolute atomic E-state index is 0.0252. The fourth-order valence-corrected chi connectivity index (χ4v) is 4.52. The van der Waals surface area contributed by atoms with E-state index in [-0.39, 0.29) is 26.3 Å². The molecule has 1 N–H and O–H groups in total. The predicted octanol–water partition coefficient (Wildman–Crippen LogP) is 5.11. The van der Waals surface area contributed by atoms with Gasteiger partial charge in [0.2, 0.25) is 5.91 Å². The molecule has 0 saturated carbocycles. The van der Waals surface area contributed by atoms with E-state index in [4.69, 9.17) is 23.2 Å². The number of sulfonamides is 1. The van der Waals surface area contributed by atoms with E-state index in [1.54, 1.807) is 6.07 Å². The molecular weight excluding hydrogens is 457 g/mol. The van der Waals surface area contributed by atoms with Gasteiger partial charge in [0.25, 0.3) is 10.0 Å². The summed E-state index contributed by atoms with van der Waals surface area (Å²) in [5, 5.41) is 2.25. The van der Waals surface area contributed by atoms with Gasteiger partial charge < -0.3 is 5.32 Å². The second-order valence-corrected chi connectivity index (χ2v) is 8.72. The number of halogens is 4. The molecule has 0 heterocycles. The first kappa shape index (κ1) is 22.0. The molecule has 0 bridgehead atoms. The smallest absolute Gasteiger partial charge is 0.264 e. The normalized spacial score (nSPS) is 11.2. The van der Waals surface area contributed by atoms with Crippen molar-refractivity contribution in [1.29, 1.82) is 0 Å². The van der Waals surface area contributed by atoms with E-state index in [1.165, 1.54) is 42.5 Å². The van der Waals surface area contributed by atoms with Crippen molar-refractivity contribution >= 4 is 50.5 Å². The SMILES string of the molecule is O=C(CN(c1cccc(Cl)c1Cl)S(=O)(=O)c1ccccc1)Nc1ccc(F)cc1F. The van der Waals surface area contributed by atoms with Gasteiger partial charge in [-0.3, -0.25) is 9.10 Å². The zero-order chi connectivity index (χ0) is 21.9. The maximum absolute atomic E-state index is 13.9. The third-order valence-corrected chi connectivity index (χ3v) is 6.61. The number of hydrogen-bond donors (Lipinski definition) is 1. The molecule has 0 aliphatic carbocycles. The lowest BCUT2D eigenvalue weighted by Gasteiger charge is -2.25. The molecule has 0 aliphatic heterocycles. The van der Waals surface area contributed by atoms with Crippen molar-refractivity contribution < 1.29 is 22.0 Å². The average Bonchev–Trinajstić information content (AvgIpc) is 2.71. The highest BCUT2D eigenvalue weighted by Crippen LogP contribution is 2.35. The molecule has 3 aromatic carbocycles. The maximum Gasteiger partial charge on any atom is 0.264 e. The van der Waals surface area contributed by atoms with Crippen molar-refractivity contribution in [1.82, 2.24) is 0 Å². The number of nitrogens with zero attached hydrogens (tertiary/aromatic N) is 1. The molecule has 3 rings (SSSR count). The first-order valence-electron chi connectivity index (χ1n) is 8.47. The molecule has 10 heteroatoms. The fraction of sp³-hybridized carbons (Fsp3) is 0.0500. The molecule has 0 atom stereocenters. The van der Waals surface area contributed by atoms with Gasteiger partial charge >= 0.3 is 0 Å². The van der Waals surface area contributed by atoms with E-state index >= 15 is 0 Å². The Bertz CT molecular complexity index is 1190. The van der Waals surface area contributed by atoms with Gasteiger partial charge in [0, 0.05) is 6.07 Å². The second kappa shape index (κ2) is 8.99. The molecule has 0 aromatic heterocycles. The zero-order valence-corrected chi connectivity index (χ0v) is 17.5. The van der Waals surface area contributed by atoms with Gasteiger partial charge in [-0.1, -0.05) is 47.5 Å². The molecule has 0 fully saturated rings. The Morgan fingerprint density at radius 3 is 2.33 bits per heavy atom. The van der Waals surface area contributed by atoms with E-state index < -0.39 is 34.1 Å². The van der Waals surface area contributed by atoms with Crippen molar-refractivity contribution in [3.8, 4) is 0 Å². The van der Waals surface area contributed by atoms with Crippen LogP contribution >= 0.6 is 23.2 Å². The summed E-state index contributed by atoms with van der Waals surface area (Å²) < 4.78 is 54.1. The van der Waals surface area contributed by atoms with Gasteiger partial charge in [-0.2, -0.15) is 0 Å². The number of carbonyl (C=O) groups excluding carboxylic acids is 1. The number of carbonyl (C=O) groups is 1. The van der Waals surface area contributed by atoms with E-state index in [9.17, 15) is 22.0 Å². The van der Waals surface area contributed by atoms with Gasteiger partial charge in [-0.05, 0) is 36.4 Å². The first-order chi connectivity index (χ1) is 14.2. The highest BCUT2D eigenvalue weighted by molar-refractivity contribution is 7.92. The van der Waals surface area contributed by atoms with Crippen LogP contribution in [0.15, 0.2) is 71.6 Å². The number of amides is 1. The molecule has 3 aromatic rings. The number of anilines is 2. The van der Waals surface area contributed by atoms with Crippen LogP contribution < -0.4 is 9.62 Å². The Morgan fingerprint density at radius 2 is 1.67 bits per heavy atom. The van der Waals surface area contributed by atoms with Crippen LogP contribution in [0.2, 0.25) is 10.0 Å². The summed E-state index contributed by atoms with van der Waals surface area (Å²) in [5.74, 6) is -2.68. The molecule has 0 saturated heterocycles. The van der Waals surface area contributed by atoms with Crippen LogP contribution in [0.5, 0.6) is 0 Å². The summed E-state index contributed by atoms with van der Waals surface area (Å²) in [6, 6.07) is 14.3. The van der Waals surface area contributed by atoms with Gasteiger partial charge in [0.15, 0.2) is 0 Å². The summed E-state index contributed by atoms with van der Waals surface area (Å²) in [6.07, 6.45) is 0. The van der Waals surface area contributed by atoms with Crippen LogP contribution in [-0.4, -0.2) is 20.9 Å². The fourth-order valence-electron chi connectivity index (χ4n) is 2.62. The van der Waals surface area contributed by atoms with Gasteiger partial charge in [0.05, 0.1) is 26.3 Å². The lowest BCUT2D eigenvalue weighted by atomic mass is 10.3. The van der Waals surface area contributed by atoms with Crippen molar-refractivity contribution in [3.05, 3.63) is 88.4 Å². The van der Waals surface area contributed by atoms with Gasteiger partial charge in [-0.15, -0.1) is 0 Å². The van der Waals surface area contributed by atoms with Crippen molar-refractivity contribution in [2.45, 2.75) is 4.90 Å². The highest BCUT2D eigenvalue weighted by Gasteiger charge is 2.29. The Balaban J connectivity index is 1.99. The van der Waals surface area contributed by atoms with Crippen LogP contribution in [0.1, 0.15) is 0 Å². The van der Waals surface area contributed by atoms with E-state index in [1.807, 2.05) is 0 Å². The van der Waals surface area contributed by atoms with Crippen molar-refractivity contribution in [2.24, 2.45) is 0 Å². The van der Waals surface area contributed by atoms with Crippen LogP contribution in [-0.2, 0) is 14.8 Å². The molecule has 1 amide bonds. The lowest BCUT2D eigenvalue weighted by Crippen LogP contribution is -2.38. The first-order valence-corrected chi connectivity index (χ1v) is 10.7. The molecule has 30 heavy (non-hydrogen) atoms. The standard InChI is InChI=1S/C20H14Cl2F2N2O3S/c21-15-7-4-8-18(20(15)22)26(30(28,29)14-5-2-1-3-6-14)12-19(27)25-17-10-9-13(23)11-16(17)24/h1-11H,12H2,(H,25,27). The number of benzene rings is 3. The maximum atomic E-state index is 13.9. The topological polar surface area (TPSA) is 66.5 Å². The lowest BCUT2D eigenvalue weighted by molar-refractivity contribution is -0.114. The van der Waals surface area contributed by atoms with E-state index in [0.29, 0.717) is 6.07 Å². The third-order valence-electron chi connectivity index (χ3n) is 4.02. The average molecular weight is 471 g/mol. The molecule has 0 radical (unpaired) electrons. The number of hydrogen-bond acceptors (Lipinski definition) is 3. The van der Waals surface area contributed by atoms with E-state index in [0.717, 1.165) is 16.4 Å². The molecule has 0 spiro atoms. The largest absolute Gasteiger partial charge is 0.322 e. The highest BCUT2D eigenvalue weighted by atomic mass is 35.5.